The van der Waals surface area contributed by atoms with Gasteiger partial charge in [0, 0.05) is 17.1 Å². The second-order valence-corrected chi connectivity index (χ2v) is 5.02. The third kappa shape index (κ3) is 4.07. The van der Waals surface area contributed by atoms with Gasteiger partial charge >= 0.3 is 51.4 Å². The molecule has 0 radical (unpaired) electrons. The van der Waals surface area contributed by atoms with Crippen LogP contribution in [0, 0.1) is 6.92 Å². The number of hydrogen-bond acceptors (Lipinski definition) is 4. The molecule has 2 rings (SSSR count). The Morgan fingerprint density at radius 1 is 1.35 bits per heavy atom. The zero-order valence-electron chi connectivity index (χ0n) is 10.9. The maximum Gasteiger partial charge on any atom is 1.00 e. The Hall–Kier alpha value is -0.354. The van der Waals surface area contributed by atoms with Gasteiger partial charge in [-0.2, -0.15) is 0 Å². The van der Waals surface area contributed by atoms with E-state index in [9.17, 15) is 9.59 Å². The fourth-order valence-corrected chi connectivity index (χ4v) is 1.78. The SMILES string of the molecule is Cc1ccc2[nH]cc(C(=O)NNC(=S)[S-])c(=O)c2c1.[K+]. The molecule has 0 bridgehead atoms. The van der Waals surface area contributed by atoms with Crippen LogP contribution in [0.5, 0.6) is 0 Å². The normalized spacial score (nSPS) is 9.65. The van der Waals surface area contributed by atoms with Gasteiger partial charge in [0.05, 0.1) is 0 Å². The monoisotopic (exact) mass is 331 g/mol. The quantitative estimate of drug-likeness (QED) is 0.242. The third-order valence-electron chi connectivity index (χ3n) is 2.56. The summed E-state index contributed by atoms with van der Waals surface area (Å²) >= 11 is 9.19. The number of carbonyl (C=O) groups is 1. The molecular formula is C12H10KN3O2S2. The maximum absolute atomic E-state index is 12.2. The Balaban J connectivity index is 0.00000200. The van der Waals surface area contributed by atoms with E-state index in [1.54, 1.807) is 12.1 Å². The molecule has 1 heterocycles. The van der Waals surface area contributed by atoms with Gasteiger partial charge in [-0.05, 0) is 23.4 Å². The molecule has 0 fully saturated rings. The fourth-order valence-electron chi connectivity index (χ4n) is 1.68. The molecule has 0 atom stereocenters. The molecule has 0 aliphatic heterocycles. The van der Waals surface area contributed by atoms with Gasteiger partial charge in [-0.3, -0.25) is 15.0 Å². The molecule has 0 unspecified atom stereocenters. The molecule has 20 heavy (non-hydrogen) atoms. The zero-order chi connectivity index (χ0) is 14.0. The van der Waals surface area contributed by atoms with Crippen LogP contribution in [0.15, 0.2) is 29.2 Å². The van der Waals surface area contributed by atoms with E-state index in [1.807, 2.05) is 13.0 Å². The smallest absolute Gasteiger partial charge is 0.410 e. The standard InChI is InChI=1S/C12H11N3O2S2.K/c1-6-2-3-9-7(4-6)10(16)8(5-13-9)11(17)14-15-12(18)19;/h2-5H,1H3,(H,13,16)(H,14,17)(H2,15,18,19);/q;+1/p-1. The molecule has 3 N–H and O–H groups in total. The fraction of sp³-hybridized carbons (Fsp3) is 0.0833. The van der Waals surface area contributed by atoms with Crippen LogP contribution in [0.3, 0.4) is 0 Å². The summed E-state index contributed by atoms with van der Waals surface area (Å²) in [6.07, 6.45) is 1.36. The van der Waals surface area contributed by atoms with Crippen molar-refractivity contribution < 1.29 is 56.2 Å². The van der Waals surface area contributed by atoms with E-state index in [2.05, 4.69) is 40.7 Å². The molecule has 5 nitrogen and oxygen atoms in total. The van der Waals surface area contributed by atoms with Crippen LogP contribution in [0.2, 0.25) is 0 Å². The molecule has 0 aliphatic carbocycles. The van der Waals surface area contributed by atoms with E-state index in [0.29, 0.717) is 10.9 Å². The van der Waals surface area contributed by atoms with Gasteiger partial charge in [0.25, 0.3) is 5.91 Å². The number of fused-ring (bicyclic) bond motifs is 1. The summed E-state index contributed by atoms with van der Waals surface area (Å²) in [6, 6.07) is 5.41. The Labute approximate surface area is 168 Å². The topological polar surface area (TPSA) is 74.0 Å². The number of nitrogens with one attached hydrogen (secondary N) is 3. The first-order valence-corrected chi connectivity index (χ1v) is 6.20. The molecule has 1 aromatic heterocycles. The van der Waals surface area contributed by atoms with E-state index in [-0.39, 0.29) is 66.7 Å². The number of carbonyl (C=O) groups excluding carboxylic acids is 1. The van der Waals surface area contributed by atoms with Crippen molar-refractivity contribution in [2.45, 2.75) is 6.92 Å². The number of rotatable bonds is 1. The Morgan fingerprint density at radius 2 is 2.05 bits per heavy atom. The minimum Gasteiger partial charge on any atom is -0.410 e. The van der Waals surface area contributed by atoms with Gasteiger partial charge in [0.1, 0.15) is 5.56 Å². The molecule has 8 heteroatoms. The molecular weight excluding hydrogens is 321 g/mol. The van der Waals surface area contributed by atoms with Crippen molar-refractivity contribution in [2.75, 3.05) is 0 Å². The van der Waals surface area contributed by atoms with Crippen molar-refractivity contribution in [3.8, 4) is 0 Å². The van der Waals surface area contributed by atoms with Crippen molar-refractivity contribution in [1.82, 2.24) is 15.8 Å². The summed E-state index contributed by atoms with van der Waals surface area (Å²) in [4.78, 5) is 26.9. The van der Waals surface area contributed by atoms with Crippen molar-refractivity contribution in [3.63, 3.8) is 0 Å². The van der Waals surface area contributed by atoms with E-state index in [0.717, 1.165) is 5.56 Å². The molecule has 0 saturated carbocycles. The van der Waals surface area contributed by atoms with E-state index in [1.165, 1.54) is 6.20 Å². The first-order valence-electron chi connectivity index (χ1n) is 5.38. The number of amides is 1. The Kier molecular flexibility index (Phi) is 6.72. The van der Waals surface area contributed by atoms with Crippen LogP contribution in [0.4, 0.5) is 0 Å². The number of pyridine rings is 1. The second kappa shape index (κ2) is 7.60. The molecule has 2 aromatic rings. The first kappa shape index (κ1) is 17.7. The summed E-state index contributed by atoms with van der Waals surface area (Å²) in [5, 5.41) is 0.466. The number of aromatic amines is 1. The number of H-pyrrole nitrogens is 1. The summed E-state index contributed by atoms with van der Waals surface area (Å²) in [5.74, 6) is -0.586. The molecule has 1 aromatic carbocycles. The average Bonchev–Trinajstić information content (AvgIpc) is 2.37. The van der Waals surface area contributed by atoms with Crippen LogP contribution in [-0.2, 0) is 12.6 Å². The predicted molar refractivity (Wildman–Crippen MR) is 79.9 cm³/mol. The average molecular weight is 331 g/mol. The van der Waals surface area contributed by atoms with E-state index >= 15 is 0 Å². The van der Waals surface area contributed by atoms with Crippen molar-refractivity contribution >= 4 is 46.0 Å². The molecule has 0 aliphatic rings. The molecule has 0 spiro atoms. The van der Waals surface area contributed by atoms with Crippen LogP contribution < -0.4 is 67.7 Å². The van der Waals surface area contributed by atoms with Gasteiger partial charge in [-0.15, -0.1) is 0 Å². The number of aromatic nitrogens is 1. The number of hydrogen-bond donors (Lipinski definition) is 3. The summed E-state index contributed by atoms with van der Waals surface area (Å²) in [7, 11) is 0. The van der Waals surface area contributed by atoms with Crippen LogP contribution in [0.25, 0.3) is 10.9 Å². The second-order valence-electron chi connectivity index (χ2n) is 3.95. The maximum atomic E-state index is 12.2. The van der Waals surface area contributed by atoms with Gasteiger partial charge in [0.2, 0.25) is 5.43 Å². The van der Waals surface area contributed by atoms with Crippen LogP contribution >= 0.6 is 12.2 Å². The van der Waals surface area contributed by atoms with Gasteiger partial charge < -0.3 is 35.3 Å². The van der Waals surface area contributed by atoms with Gasteiger partial charge in [0.15, 0.2) is 0 Å². The zero-order valence-corrected chi connectivity index (χ0v) is 15.7. The predicted octanol–water partition coefficient (Wildman–Crippen LogP) is -2.09. The third-order valence-corrected chi connectivity index (χ3v) is 2.76. The number of hydrazine groups is 1. The Morgan fingerprint density at radius 3 is 2.70 bits per heavy atom. The van der Waals surface area contributed by atoms with Crippen molar-refractivity contribution in [2.24, 2.45) is 0 Å². The van der Waals surface area contributed by atoms with Gasteiger partial charge in [-0.25, -0.2) is 0 Å². The van der Waals surface area contributed by atoms with Crippen molar-refractivity contribution in [1.29, 1.82) is 0 Å². The number of benzene rings is 1. The first-order chi connectivity index (χ1) is 8.99. The summed E-state index contributed by atoms with van der Waals surface area (Å²) in [5.41, 5.74) is 5.87. The molecule has 98 valence electrons. The number of aryl methyl sites for hydroxylation is 1. The van der Waals surface area contributed by atoms with Crippen LogP contribution in [0.1, 0.15) is 15.9 Å². The van der Waals surface area contributed by atoms with Gasteiger partial charge in [-0.1, -0.05) is 11.6 Å². The largest absolute Gasteiger partial charge is 1.00 e. The molecule has 1 amide bonds. The summed E-state index contributed by atoms with van der Waals surface area (Å²) in [6.45, 7) is 1.88. The van der Waals surface area contributed by atoms with Crippen molar-refractivity contribution in [3.05, 3.63) is 45.7 Å². The van der Waals surface area contributed by atoms with Crippen LogP contribution in [-0.4, -0.2) is 15.2 Å². The minimum atomic E-state index is -0.586. The Bertz CT molecular complexity index is 730. The van der Waals surface area contributed by atoms with E-state index in [4.69, 9.17) is 0 Å². The minimum absolute atomic E-state index is 0. The molecule has 0 saturated heterocycles. The summed E-state index contributed by atoms with van der Waals surface area (Å²) < 4.78 is 0.00131. The van der Waals surface area contributed by atoms with E-state index < -0.39 is 5.91 Å². The number of thiocarbonyl (C=S) groups is 1.